The molecule has 2 N–H and O–H groups in total. The Kier molecular flexibility index (Phi) is 6.96. The monoisotopic (exact) mass is 284 g/mol. The highest BCUT2D eigenvalue weighted by Crippen LogP contribution is 2.24. The lowest BCUT2D eigenvalue weighted by Crippen LogP contribution is -2.46. The number of likely N-dealkylation sites (tertiary alicyclic amines) is 1. The number of nitrogens with two attached hydrogens (primary N) is 1. The van der Waals surface area contributed by atoms with Crippen molar-refractivity contribution in [3.05, 3.63) is 0 Å². The molecular weight excluding hydrogens is 252 g/mol. The van der Waals surface area contributed by atoms with Gasteiger partial charge in [0.15, 0.2) is 0 Å². The van der Waals surface area contributed by atoms with Gasteiger partial charge in [-0.3, -0.25) is 4.79 Å². The maximum absolute atomic E-state index is 11.7. The van der Waals surface area contributed by atoms with Gasteiger partial charge < -0.3 is 15.4 Å². The van der Waals surface area contributed by atoms with Crippen molar-refractivity contribution in [1.29, 1.82) is 0 Å². The molecule has 4 nitrogen and oxygen atoms in total. The molecule has 0 aliphatic carbocycles. The molecule has 0 radical (unpaired) electrons. The largest absolute Gasteiger partial charge is 0.465 e. The molecule has 20 heavy (non-hydrogen) atoms. The maximum atomic E-state index is 11.7. The molecule has 1 atom stereocenters. The van der Waals surface area contributed by atoms with Crippen LogP contribution >= 0.6 is 0 Å². The first kappa shape index (κ1) is 17.4. The summed E-state index contributed by atoms with van der Waals surface area (Å²) in [5.41, 5.74) is 5.19. The highest BCUT2D eigenvalue weighted by atomic mass is 16.5. The van der Waals surface area contributed by atoms with Gasteiger partial charge >= 0.3 is 5.97 Å². The van der Waals surface area contributed by atoms with Gasteiger partial charge in [0.1, 0.15) is 5.54 Å². The van der Waals surface area contributed by atoms with Crippen molar-refractivity contribution in [1.82, 2.24) is 4.90 Å². The van der Waals surface area contributed by atoms with Crippen molar-refractivity contribution in [2.24, 2.45) is 17.6 Å². The van der Waals surface area contributed by atoms with Crippen LogP contribution in [0, 0.1) is 11.8 Å². The summed E-state index contributed by atoms with van der Waals surface area (Å²) in [6, 6.07) is 0. The summed E-state index contributed by atoms with van der Waals surface area (Å²) in [4.78, 5) is 14.2. The Morgan fingerprint density at radius 2 is 2.00 bits per heavy atom. The smallest absolute Gasteiger partial charge is 0.325 e. The van der Waals surface area contributed by atoms with Crippen LogP contribution in [0.2, 0.25) is 0 Å². The lowest BCUT2D eigenvalue weighted by molar-refractivity contribution is -0.149. The predicted molar refractivity (Wildman–Crippen MR) is 82.5 cm³/mol. The quantitative estimate of drug-likeness (QED) is 0.729. The zero-order valence-corrected chi connectivity index (χ0v) is 13.7. The van der Waals surface area contributed by atoms with Gasteiger partial charge in [0.2, 0.25) is 0 Å². The second-order valence-corrected chi connectivity index (χ2v) is 6.66. The minimum absolute atomic E-state index is 0.279. The molecule has 0 amide bonds. The molecule has 0 bridgehead atoms. The van der Waals surface area contributed by atoms with E-state index in [0.717, 1.165) is 24.8 Å². The van der Waals surface area contributed by atoms with Crippen molar-refractivity contribution >= 4 is 5.97 Å². The summed E-state index contributed by atoms with van der Waals surface area (Å²) in [5, 5.41) is 0. The van der Waals surface area contributed by atoms with Gasteiger partial charge in [0.25, 0.3) is 0 Å². The number of rotatable bonds is 7. The molecule has 1 rings (SSSR count). The van der Waals surface area contributed by atoms with Gasteiger partial charge in [-0.05, 0) is 71.0 Å². The number of esters is 1. The third kappa shape index (κ3) is 5.41. The number of hydrogen-bond donors (Lipinski definition) is 1. The highest BCUT2D eigenvalue weighted by molar-refractivity contribution is 5.79. The Balaban J connectivity index is 2.23. The van der Waals surface area contributed by atoms with E-state index >= 15 is 0 Å². The number of carbonyl (C=O) groups is 1. The normalized spacial score (nSPS) is 20.9. The molecule has 0 aromatic rings. The molecule has 0 saturated carbocycles. The van der Waals surface area contributed by atoms with Crippen LogP contribution in [-0.4, -0.2) is 42.6 Å². The Hall–Kier alpha value is -0.610. The molecule has 1 aliphatic rings. The molecule has 1 aliphatic heterocycles. The van der Waals surface area contributed by atoms with Crippen LogP contribution in [0.5, 0.6) is 0 Å². The molecule has 1 heterocycles. The average molecular weight is 284 g/mol. The van der Waals surface area contributed by atoms with Gasteiger partial charge in [-0.2, -0.15) is 0 Å². The summed E-state index contributed by atoms with van der Waals surface area (Å²) in [5.74, 6) is 1.40. The predicted octanol–water partition coefficient (Wildman–Crippen LogP) is 2.42. The van der Waals surface area contributed by atoms with Gasteiger partial charge in [0, 0.05) is 0 Å². The zero-order valence-electron chi connectivity index (χ0n) is 13.7. The molecule has 0 spiro atoms. The molecular formula is C16H32N2O2. The van der Waals surface area contributed by atoms with Crippen molar-refractivity contribution in [2.75, 3.05) is 26.2 Å². The lowest BCUT2D eigenvalue weighted by atomic mass is 9.86. The molecule has 118 valence electrons. The van der Waals surface area contributed by atoms with Crippen LogP contribution in [0.4, 0.5) is 0 Å². The first-order valence-corrected chi connectivity index (χ1v) is 8.05. The van der Waals surface area contributed by atoms with E-state index in [1.165, 1.54) is 25.9 Å². The van der Waals surface area contributed by atoms with Crippen molar-refractivity contribution < 1.29 is 9.53 Å². The Bertz CT molecular complexity index is 295. The third-order valence-electron chi connectivity index (χ3n) is 4.49. The molecule has 0 aromatic heterocycles. The van der Waals surface area contributed by atoms with E-state index in [-0.39, 0.29) is 5.97 Å². The van der Waals surface area contributed by atoms with E-state index in [2.05, 4.69) is 18.7 Å². The minimum atomic E-state index is -0.841. The second kappa shape index (κ2) is 7.99. The summed E-state index contributed by atoms with van der Waals surface area (Å²) in [6.07, 6.45) is 4.25. The first-order valence-electron chi connectivity index (χ1n) is 8.05. The van der Waals surface area contributed by atoms with Crippen LogP contribution < -0.4 is 5.73 Å². The molecule has 1 fully saturated rings. The standard InChI is InChI=1S/C16H32N2O2/c1-5-20-15(19)16(4,17)9-6-10-18-11-7-14(8-12-18)13(2)3/h13-14H,5-12,17H2,1-4H3. The molecule has 0 aromatic carbocycles. The van der Waals surface area contributed by atoms with Crippen LogP contribution in [0.15, 0.2) is 0 Å². The minimum Gasteiger partial charge on any atom is -0.465 e. The topological polar surface area (TPSA) is 55.6 Å². The van der Waals surface area contributed by atoms with Crippen LogP contribution in [0.3, 0.4) is 0 Å². The number of piperidine rings is 1. The third-order valence-corrected chi connectivity index (χ3v) is 4.49. The Morgan fingerprint density at radius 3 is 2.50 bits per heavy atom. The van der Waals surface area contributed by atoms with Crippen LogP contribution in [0.25, 0.3) is 0 Å². The van der Waals surface area contributed by atoms with Crippen molar-refractivity contribution in [3.63, 3.8) is 0 Å². The van der Waals surface area contributed by atoms with Crippen molar-refractivity contribution in [2.45, 2.75) is 58.9 Å². The number of ether oxygens (including phenoxy) is 1. The van der Waals surface area contributed by atoms with E-state index in [1.807, 2.05) is 6.92 Å². The summed E-state index contributed by atoms with van der Waals surface area (Å²) in [7, 11) is 0. The fourth-order valence-corrected chi connectivity index (χ4v) is 2.91. The molecule has 1 saturated heterocycles. The SMILES string of the molecule is CCOC(=O)C(C)(N)CCCN1CCC(C(C)C)CC1. The molecule has 4 heteroatoms. The Labute approximate surface area is 124 Å². The second-order valence-electron chi connectivity index (χ2n) is 6.66. The first-order chi connectivity index (χ1) is 9.36. The number of nitrogens with zero attached hydrogens (tertiary/aromatic N) is 1. The summed E-state index contributed by atoms with van der Waals surface area (Å²) in [6.45, 7) is 12.0. The van der Waals surface area contributed by atoms with E-state index in [4.69, 9.17) is 10.5 Å². The number of hydrogen-bond acceptors (Lipinski definition) is 4. The van der Waals surface area contributed by atoms with Gasteiger partial charge in [-0.1, -0.05) is 13.8 Å². The highest BCUT2D eigenvalue weighted by Gasteiger charge is 2.29. The summed E-state index contributed by atoms with van der Waals surface area (Å²) < 4.78 is 5.01. The van der Waals surface area contributed by atoms with E-state index in [1.54, 1.807) is 6.92 Å². The number of carbonyl (C=O) groups excluding carboxylic acids is 1. The average Bonchev–Trinajstić information content (AvgIpc) is 2.39. The Morgan fingerprint density at radius 1 is 1.40 bits per heavy atom. The van der Waals surface area contributed by atoms with E-state index in [9.17, 15) is 4.79 Å². The van der Waals surface area contributed by atoms with Gasteiger partial charge in [0.05, 0.1) is 6.61 Å². The van der Waals surface area contributed by atoms with Crippen LogP contribution in [0.1, 0.15) is 53.4 Å². The van der Waals surface area contributed by atoms with Crippen LogP contribution in [-0.2, 0) is 9.53 Å². The summed E-state index contributed by atoms with van der Waals surface area (Å²) >= 11 is 0. The fraction of sp³-hybridized carbons (Fsp3) is 0.938. The molecule has 1 unspecified atom stereocenters. The van der Waals surface area contributed by atoms with Gasteiger partial charge in [-0.25, -0.2) is 0 Å². The van der Waals surface area contributed by atoms with E-state index in [0.29, 0.717) is 13.0 Å². The van der Waals surface area contributed by atoms with Gasteiger partial charge in [-0.15, -0.1) is 0 Å². The lowest BCUT2D eigenvalue weighted by Gasteiger charge is -2.34. The van der Waals surface area contributed by atoms with E-state index < -0.39 is 5.54 Å². The van der Waals surface area contributed by atoms with Crippen molar-refractivity contribution in [3.8, 4) is 0 Å². The maximum Gasteiger partial charge on any atom is 0.325 e. The zero-order chi connectivity index (χ0) is 15.2. The fourth-order valence-electron chi connectivity index (χ4n) is 2.91.